The highest BCUT2D eigenvalue weighted by Gasteiger charge is 2.35. The number of carbonyl (C=O) groups is 1. The molecule has 0 bridgehead atoms. The van der Waals surface area contributed by atoms with Crippen LogP contribution in [0.4, 0.5) is 5.69 Å². The first-order chi connectivity index (χ1) is 18.5. The molecule has 1 N–H and O–H groups in total. The number of unbranched alkanes of at least 4 members (excludes halogenated alkanes) is 3. The molecule has 0 saturated carbocycles. The van der Waals surface area contributed by atoms with Crippen molar-refractivity contribution < 1.29 is 4.79 Å². The van der Waals surface area contributed by atoms with Crippen molar-refractivity contribution in [2.24, 2.45) is 0 Å². The zero-order valence-corrected chi connectivity index (χ0v) is 24.9. The van der Waals surface area contributed by atoms with Crippen LogP contribution in [0.25, 0.3) is 17.2 Å². The van der Waals surface area contributed by atoms with E-state index in [1.54, 1.807) is 6.08 Å². The van der Waals surface area contributed by atoms with Crippen LogP contribution in [0, 0.1) is 6.92 Å². The number of aryl methyl sites for hydroxylation is 1. The average molecular weight is 529 g/mol. The van der Waals surface area contributed by atoms with Gasteiger partial charge in [-0.25, -0.2) is 0 Å². The second-order valence-electron chi connectivity index (χ2n) is 10.7. The summed E-state index contributed by atoms with van der Waals surface area (Å²) in [6, 6.07) is 25.4. The standard InChI is InChI=1S/C35H46NOP/c1-5-8-24-38(25-9-6-2,26-10-7-3)28-31-16-21-34(22-17-31)36-35(37)23-18-30-12-11-13-33(27-30)32-19-14-29(4)15-20-32/h11-23,27H,5-10,24-26,28H2,1-4H3/p+1. The van der Waals surface area contributed by atoms with Gasteiger partial charge >= 0.3 is 0 Å². The Bertz CT molecular complexity index is 1130. The summed E-state index contributed by atoms with van der Waals surface area (Å²) in [6.07, 6.45) is 17.0. The normalized spacial score (nSPS) is 11.7. The number of carbonyl (C=O) groups excluding carboxylic acids is 1. The molecule has 0 spiro atoms. The molecule has 0 aliphatic rings. The third-order valence-electron chi connectivity index (χ3n) is 7.40. The highest BCUT2D eigenvalue weighted by Crippen LogP contribution is 2.63. The van der Waals surface area contributed by atoms with Crippen molar-refractivity contribution in [1.82, 2.24) is 0 Å². The van der Waals surface area contributed by atoms with Crippen LogP contribution in [0.2, 0.25) is 0 Å². The molecule has 38 heavy (non-hydrogen) atoms. The lowest BCUT2D eigenvalue weighted by Gasteiger charge is -2.28. The van der Waals surface area contributed by atoms with Crippen molar-refractivity contribution in [3.8, 4) is 11.1 Å². The summed E-state index contributed by atoms with van der Waals surface area (Å²) in [5.41, 5.74) is 6.89. The van der Waals surface area contributed by atoms with Crippen LogP contribution in [0.15, 0.2) is 78.9 Å². The first-order valence-corrected chi connectivity index (χ1v) is 17.1. The fourth-order valence-corrected chi connectivity index (χ4v) is 10.1. The minimum absolute atomic E-state index is 0.103. The Balaban J connectivity index is 1.63. The molecule has 0 aromatic heterocycles. The molecule has 3 aromatic rings. The minimum atomic E-state index is -0.983. The van der Waals surface area contributed by atoms with E-state index in [-0.39, 0.29) is 5.91 Å². The molecule has 1 amide bonds. The van der Waals surface area contributed by atoms with E-state index < -0.39 is 7.26 Å². The molecule has 3 aromatic carbocycles. The second-order valence-corrected chi connectivity index (χ2v) is 15.1. The summed E-state index contributed by atoms with van der Waals surface area (Å²) in [7, 11) is -0.983. The number of hydrogen-bond donors (Lipinski definition) is 1. The average Bonchev–Trinajstić information content (AvgIpc) is 2.94. The highest BCUT2D eigenvalue weighted by atomic mass is 31.2. The summed E-state index contributed by atoms with van der Waals surface area (Å²) in [5, 5.41) is 3.04. The first kappa shape index (κ1) is 29.9. The van der Waals surface area contributed by atoms with Crippen LogP contribution in [-0.4, -0.2) is 24.4 Å². The fraction of sp³-hybridized carbons (Fsp3) is 0.400. The molecule has 0 unspecified atom stereocenters. The van der Waals surface area contributed by atoms with Gasteiger partial charge in [0.2, 0.25) is 5.91 Å². The molecule has 0 radical (unpaired) electrons. The molecule has 3 heteroatoms. The lowest BCUT2D eigenvalue weighted by Crippen LogP contribution is -2.12. The smallest absolute Gasteiger partial charge is 0.248 e. The zero-order valence-electron chi connectivity index (χ0n) is 24.0. The van der Waals surface area contributed by atoms with Crippen molar-refractivity contribution in [2.75, 3.05) is 23.8 Å². The van der Waals surface area contributed by atoms with E-state index in [0.717, 1.165) is 16.8 Å². The van der Waals surface area contributed by atoms with E-state index in [9.17, 15) is 4.79 Å². The number of rotatable bonds is 15. The maximum absolute atomic E-state index is 12.7. The van der Waals surface area contributed by atoms with Gasteiger partial charge in [0, 0.05) is 19.0 Å². The predicted octanol–water partition coefficient (Wildman–Crippen LogP) is 10.2. The van der Waals surface area contributed by atoms with Crippen molar-refractivity contribution in [1.29, 1.82) is 0 Å². The number of benzene rings is 3. The third-order valence-corrected chi connectivity index (χ3v) is 12.2. The fourth-order valence-electron chi connectivity index (χ4n) is 5.06. The van der Waals surface area contributed by atoms with Crippen molar-refractivity contribution in [2.45, 2.75) is 72.4 Å². The van der Waals surface area contributed by atoms with Gasteiger partial charge in [-0.15, -0.1) is 0 Å². The van der Waals surface area contributed by atoms with Crippen molar-refractivity contribution in [3.05, 3.63) is 95.6 Å². The third kappa shape index (κ3) is 9.55. The van der Waals surface area contributed by atoms with E-state index in [1.807, 2.05) is 18.2 Å². The summed E-state index contributed by atoms with van der Waals surface area (Å²) in [6.45, 7) is 9.06. The van der Waals surface area contributed by atoms with E-state index in [1.165, 1.54) is 79.9 Å². The van der Waals surface area contributed by atoms with Gasteiger partial charge in [0.15, 0.2) is 0 Å². The second kappa shape index (κ2) is 15.6. The quantitative estimate of drug-likeness (QED) is 0.154. The van der Waals surface area contributed by atoms with E-state index in [4.69, 9.17) is 0 Å². The summed E-state index contributed by atoms with van der Waals surface area (Å²) in [5.74, 6) is -0.103. The van der Waals surface area contributed by atoms with Gasteiger partial charge in [-0.1, -0.05) is 100 Å². The molecule has 0 atom stereocenters. The summed E-state index contributed by atoms with van der Waals surface area (Å²) in [4.78, 5) is 12.7. The van der Waals surface area contributed by atoms with Gasteiger partial charge in [0.1, 0.15) is 0 Å². The summed E-state index contributed by atoms with van der Waals surface area (Å²) >= 11 is 0. The number of nitrogens with one attached hydrogen (secondary N) is 1. The highest BCUT2D eigenvalue weighted by molar-refractivity contribution is 7.75. The summed E-state index contributed by atoms with van der Waals surface area (Å²) < 4.78 is 0. The SMILES string of the molecule is CCCC[P+](CCCC)(CCCC)Cc1ccc(NC(=O)C=Cc2cccc(-c3ccc(C)cc3)c2)cc1. The van der Waals surface area contributed by atoms with E-state index in [0.29, 0.717) is 0 Å². The number of amides is 1. The molecule has 2 nitrogen and oxygen atoms in total. The Morgan fingerprint density at radius 3 is 1.95 bits per heavy atom. The van der Waals surface area contributed by atoms with Gasteiger partial charge in [-0.3, -0.25) is 4.79 Å². The Labute approximate surface area is 232 Å². The largest absolute Gasteiger partial charge is 0.323 e. The molecule has 0 saturated heterocycles. The molecule has 0 fully saturated rings. The van der Waals surface area contributed by atoms with E-state index >= 15 is 0 Å². The van der Waals surface area contributed by atoms with Crippen LogP contribution >= 0.6 is 7.26 Å². The Morgan fingerprint density at radius 2 is 1.37 bits per heavy atom. The number of hydrogen-bond acceptors (Lipinski definition) is 1. The first-order valence-electron chi connectivity index (χ1n) is 14.6. The maximum atomic E-state index is 12.7. The van der Waals surface area contributed by atoms with Crippen molar-refractivity contribution in [3.63, 3.8) is 0 Å². The van der Waals surface area contributed by atoms with Crippen molar-refractivity contribution >= 4 is 24.9 Å². The van der Waals surface area contributed by atoms with E-state index in [2.05, 4.69) is 93.7 Å². The topological polar surface area (TPSA) is 29.1 Å². The van der Waals surface area contributed by atoms with Crippen LogP contribution in [0.1, 0.15) is 76.0 Å². The Morgan fingerprint density at radius 1 is 0.763 bits per heavy atom. The van der Waals surface area contributed by atoms with Gasteiger partial charge in [0.05, 0.1) is 24.6 Å². The van der Waals surface area contributed by atoms with Crippen LogP contribution in [0.3, 0.4) is 0 Å². The van der Waals surface area contributed by atoms with Crippen LogP contribution < -0.4 is 5.32 Å². The molecular formula is C35H47NOP+. The maximum Gasteiger partial charge on any atom is 0.248 e. The molecule has 0 aliphatic carbocycles. The molecular weight excluding hydrogens is 481 g/mol. The lowest BCUT2D eigenvalue weighted by atomic mass is 10.0. The Hall–Kier alpha value is -2.70. The van der Waals surface area contributed by atoms with Crippen LogP contribution in [0.5, 0.6) is 0 Å². The van der Waals surface area contributed by atoms with Gasteiger partial charge in [0.25, 0.3) is 0 Å². The molecule has 0 aliphatic heterocycles. The predicted molar refractivity (Wildman–Crippen MR) is 171 cm³/mol. The van der Waals surface area contributed by atoms with Gasteiger partial charge in [-0.2, -0.15) is 0 Å². The van der Waals surface area contributed by atoms with Gasteiger partial charge < -0.3 is 5.32 Å². The van der Waals surface area contributed by atoms with Gasteiger partial charge in [-0.05, 0) is 72.7 Å². The lowest BCUT2D eigenvalue weighted by molar-refractivity contribution is -0.111. The molecule has 202 valence electrons. The zero-order chi connectivity index (χ0) is 27.2. The van der Waals surface area contributed by atoms with Crippen LogP contribution in [-0.2, 0) is 11.0 Å². The monoisotopic (exact) mass is 528 g/mol. The molecule has 0 heterocycles. The number of anilines is 1. The molecule has 3 rings (SSSR count). The Kier molecular flexibility index (Phi) is 12.3. The minimum Gasteiger partial charge on any atom is -0.323 e.